The first-order chi connectivity index (χ1) is 14.3. The van der Waals surface area contributed by atoms with Crippen molar-refractivity contribution in [2.45, 2.75) is 27.7 Å². The number of benzene rings is 3. The highest BCUT2D eigenvalue weighted by molar-refractivity contribution is 6.30. The molecule has 1 amide bonds. The van der Waals surface area contributed by atoms with E-state index in [1.54, 1.807) is 0 Å². The predicted molar refractivity (Wildman–Crippen MR) is 126 cm³/mol. The summed E-state index contributed by atoms with van der Waals surface area (Å²) in [7, 11) is 0. The maximum absolute atomic E-state index is 13.4. The van der Waals surface area contributed by atoms with Crippen molar-refractivity contribution in [3.8, 4) is 11.3 Å². The van der Waals surface area contributed by atoms with Crippen LogP contribution in [-0.2, 0) is 0 Å². The molecule has 3 aromatic carbocycles. The van der Waals surface area contributed by atoms with E-state index in [-0.39, 0.29) is 5.91 Å². The number of pyridine rings is 1. The van der Waals surface area contributed by atoms with Gasteiger partial charge in [0.2, 0.25) is 0 Å². The molecule has 30 heavy (non-hydrogen) atoms. The van der Waals surface area contributed by atoms with E-state index in [1.807, 2.05) is 82.3 Å². The highest BCUT2D eigenvalue weighted by atomic mass is 35.5. The zero-order valence-corrected chi connectivity index (χ0v) is 18.3. The molecule has 0 saturated carbocycles. The minimum absolute atomic E-state index is 0.139. The quantitative estimate of drug-likeness (QED) is 0.390. The van der Waals surface area contributed by atoms with E-state index < -0.39 is 0 Å². The van der Waals surface area contributed by atoms with E-state index in [2.05, 4.69) is 11.4 Å². The molecule has 1 heterocycles. The number of hydrogen-bond acceptors (Lipinski definition) is 2. The van der Waals surface area contributed by atoms with E-state index >= 15 is 0 Å². The van der Waals surface area contributed by atoms with Crippen LogP contribution in [0.4, 0.5) is 5.69 Å². The van der Waals surface area contributed by atoms with Crippen LogP contribution in [0.15, 0.2) is 60.7 Å². The molecule has 0 atom stereocenters. The summed E-state index contributed by atoms with van der Waals surface area (Å²) >= 11 is 6.05. The minimum Gasteiger partial charge on any atom is -0.321 e. The van der Waals surface area contributed by atoms with Crippen LogP contribution in [-0.4, -0.2) is 10.9 Å². The zero-order chi connectivity index (χ0) is 21.4. The highest BCUT2D eigenvalue weighted by Crippen LogP contribution is 2.30. The van der Waals surface area contributed by atoms with Gasteiger partial charge in [-0.15, -0.1) is 0 Å². The molecule has 4 rings (SSSR count). The number of aryl methyl sites for hydroxylation is 4. The third-order valence-electron chi connectivity index (χ3n) is 5.35. The van der Waals surface area contributed by atoms with Crippen LogP contribution < -0.4 is 5.32 Å². The van der Waals surface area contributed by atoms with Gasteiger partial charge in [-0.05, 0) is 68.7 Å². The lowest BCUT2D eigenvalue weighted by molar-refractivity contribution is 0.102. The molecule has 0 aliphatic rings. The highest BCUT2D eigenvalue weighted by Gasteiger charge is 2.17. The summed E-state index contributed by atoms with van der Waals surface area (Å²) in [5.74, 6) is -0.139. The first-order valence-corrected chi connectivity index (χ1v) is 10.3. The molecular formula is C26H23ClN2O. The molecule has 0 bridgehead atoms. The van der Waals surface area contributed by atoms with Crippen molar-refractivity contribution in [2.24, 2.45) is 0 Å². The van der Waals surface area contributed by atoms with Gasteiger partial charge >= 0.3 is 0 Å². The van der Waals surface area contributed by atoms with E-state index in [4.69, 9.17) is 16.6 Å². The number of carbonyl (C=O) groups is 1. The minimum atomic E-state index is -0.139. The third-order valence-corrected chi connectivity index (χ3v) is 5.60. The van der Waals surface area contributed by atoms with Gasteiger partial charge in [0, 0.05) is 21.7 Å². The van der Waals surface area contributed by atoms with Gasteiger partial charge in [0.05, 0.1) is 16.8 Å². The van der Waals surface area contributed by atoms with Crippen LogP contribution in [0.2, 0.25) is 5.02 Å². The average molecular weight is 415 g/mol. The van der Waals surface area contributed by atoms with Crippen molar-refractivity contribution >= 4 is 34.1 Å². The number of nitrogens with one attached hydrogen (secondary N) is 1. The Bertz CT molecular complexity index is 1260. The Labute approximate surface area is 181 Å². The van der Waals surface area contributed by atoms with E-state index in [1.165, 1.54) is 0 Å². The second-order valence-electron chi connectivity index (χ2n) is 7.76. The fourth-order valence-electron chi connectivity index (χ4n) is 3.83. The maximum atomic E-state index is 13.4. The number of rotatable bonds is 3. The van der Waals surface area contributed by atoms with Crippen LogP contribution in [0.5, 0.6) is 0 Å². The van der Waals surface area contributed by atoms with Crippen molar-refractivity contribution in [2.75, 3.05) is 5.32 Å². The lowest BCUT2D eigenvalue weighted by Gasteiger charge is -2.15. The van der Waals surface area contributed by atoms with Gasteiger partial charge in [-0.2, -0.15) is 0 Å². The first-order valence-electron chi connectivity index (χ1n) is 9.89. The summed E-state index contributed by atoms with van der Waals surface area (Å²) in [6, 6.07) is 19.5. The van der Waals surface area contributed by atoms with Gasteiger partial charge in [-0.25, -0.2) is 4.98 Å². The number of nitrogens with zero attached hydrogens (tertiary/aromatic N) is 1. The summed E-state index contributed by atoms with van der Waals surface area (Å²) in [5, 5.41) is 4.65. The molecule has 4 heteroatoms. The predicted octanol–water partition coefficient (Wildman–Crippen LogP) is 7.04. The lowest BCUT2D eigenvalue weighted by Crippen LogP contribution is -2.15. The standard InChI is InChI=1S/C26H23ClN2O/c1-15-12-18(4)25-21(13-15)22(14-23(28-25)19-8-10-20(27)11-9-19)26(30)29-24-16(2)6-5-7-17(24)3/h5-14H,1-4H3,(H,29,30). The molecule has 0 radical (unpaired) electrons. The summed E-state index contributed by atoms with van der Waals surface area (Å²) in [4.78, 5) is 18.3. The van der Waals surface area contributed by atoms with Crippen LogP contribution in [0.25, 0.3) is 22.2 Å². The topological polar surface area (TPSA) is 42.0 Å². The third kappa shape index (κ3) is 3.81. The fraction of sp³-hybridized carbons (Fsp3) is 0.154. The Morgan fingerprint density at radius 1 is 0.867 bits per heavy atom. The molecule has 1 aromatic heterocycles. The van der Waals surface area contributed by atoms with Gasteiger partial charge in [0.1, 0.15) is 0 Å². The van der Waals surface area contributed by atoms with Crippen molar-refractivity contribution in [1.29, 1.82) is 0 Å². The number of halogens is 1. The van der Waals surface area contributed by atoms with Crippen molar-refractivity contribution < 1.29 is 4.79 Å². The van der Waals surface area contributed by atoms with E-state index in [0.29, 0.717) is 10.6 Å². The number of para-hydroxylation sites is 1. The SMILES string of the molecule is Cc1cc(C)c2nc(-c3ccc(Cl)cc3)cc(C(=O)Nc3c(C)cccc3C)c2c1. The van der Waals surface area contributed by atoms with Gasteiger partial charge in [-0.1, -0.05) is 53.6 Å². The summed E-state index contributed by atoms with van der Waals surface area (Å²) in [6.07, 6.45) is 0. The van der Waals surface area contributed by atoms with Gasteiger partial charge < -0.3 is 5.32 Å². The first kappa shape index (κ1) is 20.1. The molecule has 0 aliphatic heterocycles. The van der Waals surface area contributed by atoms with E-state index in [0.717, 1.165) is 50.1 Å². The number of carbonyl (C=O) groups excluding carboxylic acids is 1. The van der Waals surface area contributed by atoms with Crippen LogP contribution in [0, 0.1) is 27.7 Å². The number of anilines is 1. The van der Waals surface area contributed by atoms with Crippen molar-refractivity contribution in [3.63, 3.8) is 0 Å². The van der Waals surface area contributed by atoms with Crippen LogP contribution >= 0.6 is 11.6 Å². The van der Waals surface area contributed by atoms with Crippen molar-refractivity contribution in [3.05, 3.63) is 93.5 Å². The molecule has 0 spiro atoms. The van der Waals surface area contributed by atoms with Crippen LogP contribution in [0.3, 0.4) is 0 Å². The van der Waals surface area contributed by atoms with E-state index in [9.17, 15) is 4.79 Å². The average Bonchev–Trinajstić information content (AvgIpc) is 2.70. The number of hydrogen-bond donors (Lipinski definition) is 1. The Kier molecular flexibility index (Phi) is 5.31. The normalized spacial score (nSPS) is 11.0. The molecule has 0 saturated heterocycles. The lowest BCUT2D eigenvalue weighted by atomic mass is 9.99. The molecule has 3 nitrogen and oxygen atoms in total. The fourth-order valence-corrected chi connectivity index (χ4v) is 3.96. The number of amides is 1. The molecule has 0 aliphatic carbocycles. The van der Waals surface area contributed by atoms with Gasteiger partial charge in [0.25, 0.3) is 5.91 Å². The van der Waals surface area contributed by atoms with Gasteiger partial charge in [-0.3, -0.25) is 4.79 Å². The zero-order valence-electron chi connectivity index (χ0n) is 17.5. The maximum Gasteiger partial charge on any atom is 0.256 e. The molecular weight excluding hydrogens is 392 g/mol. The largest absolute Gasteiger partial charge is 0.321 e. The molecule has 1 N–H and O–H groups in total. The Balaban J connectivity index is 1.90. The summed E-state index contributed by atoms with van der Waals surface area (Å²) < 4.78 is 0. The molecule has 150 valence electrons. The molecule has 0 fully saturated rings. The second kappa shape index (κ2) is 7.92. The Hall–Kier alpha value is -3.17. The Morgan fingerprint density at radius 2 is 1.53 bits per heavy atom. The second-order valence-corrected chi connectivity index (χ2v) is 8.20. The number of aromatic nitrogens is 1. The smallest absolute Gasteiger partial charge is 0.256 e. The monoisotopic (exact) mass is 414 g/mol. The summed E-state index contributed by atoms with van der Waals surface area (Å²) in [6.45, 7) is 8.06. The van der Waals surface area contributed by atoms with Crippen LogP contribution in [0.1, 0.15) is 32.6 Å². The van der Waals surface area contributed by atoms with Gasteiger partial charge in [0.15, 0.2) is 0 Å². The van der Waals surface area contributed by atoms with Crippen molar-refractivity contribution in [1.82, 2.24) is 4.98 Å². The Morgan fingerprint density at radius 3 is 2.20 bits per heavy atom. The molecule has 4 aromatic rings. The molecule has 0 unspecified atom stereocenters. The number of fused-ring (bicyclic) bond motifs is 1. The summed E-state index contributed by atoms with van der Waals surface area (Å²) in [5.41, 5.74) is 8.17.